The molecule has 0 unspecified atom stereocenters. The molecule has 0 fully saturated rings. The van der Waals surface area contributed by atoms with E-state index in [1.165, 1.54) is 0 Å². The van der Waals surface area contributed by atoms with Crippen LogP contribution in [-0.4, -0.2) is 63.4 Å². The Labute approximate surface area is 83.7 Å². The van der Waals surface area contributed by atoms with Gasteiger partial charge in [0.2, 0.25) is 0 Å². The number of rotatable bonds is 1. The summed E-state index contributed by atoms with van der Waals surface area (Å²) < 4.78 is 1.84. The predicted octanol–water partition coefficient (Wildman–Crippen LogP) is -3.94. The molecule has 0 rings (SSSR count). The Morgan fingerprint density at radius 2 is 0.833 bits per heavy atom. The third kappa shape index (κ3) is 44.8. The van der Waals surface area contributed by atoms with Gasteiger partial charge in [0.15, 0.2) is 0 Å². The average Bonchev–Trinajstić information content (AvgIpc) is 1.36. The lowest BCUT2D eigenvalue weighted by Gasteiger charge is -2.02. The zero-order valence-corrected chi connectivity index (χ0v) is 9.45. The van der Waals surface area contributed by atoms with Gasteiger partial charge in [-0.15, -0.1) is 0 Å². The summed E-state index contributed by atoms with van der Waals surface area (Å²) in [6, 6.07) is 0. The summed E-state index contributed by atoms with van der Waals surface area (Å²) in [5.41, 5.74) is 0. The van der Waals surface area contributed by atoms with Crippen molar-refractivity contribution in [1.29, 1.82) is 0 Å². The Morgan fingerprint density at radius 1 is 0.750 bits per heavy atom. The van der Waals surface area contributed by atoms with Gasteiger partial charge in [-0.3, -0.25) is 0 Å². The highest BCUT2D eigenvalue weighted by Gasteiger charge is 2.13. The van der Waals surface area contributed by atoms with Crippen LogP contribution in [0.1, 0.15) is 0 Å². The summed E-state index contributed by atoms with van der Waals surface area (Å²) in [7, 11) is 14.6. The first-order valence-electron chi connectivity index (χ1n) is 1.59. The van der Waals surface area contributed by atoms with Crippen LogP contribution in [0.3, 0.4) is 0 Å². The molecule has 0 aliphatic heterocycles. The molecule has 0 saturated carbocycles. The molecule has 0 aromatic carbocycles. The molecule has 12 N–H and O–H groups in total. The maximum atomic E-state index is 5.44. The fourth-order valence-electron chi connectivity index (χ4n) is 0. The molecular weight excluding hydrogens is 232 g/mol. The van der Waals surface area contributed by atoms with Crippen LogP contribution in [0.15, 0.2) is 0 Å². The van der Waals surface area contributed by atoms with E-state index in [0.717, 1.165) is 0 Å². The van der Waals surface area contributed by atoms with E-state index in [1.54, 1.807) is 0 Å². The third-order valence-corrected chi connectivity index (χ3v) is 3.51. The zero-order chi connectivity index (χ0) is 5.15. The van der Waals surface area contributed by atoms with Crippen molar-refractivity contribution in [3.05, 3.63) is 0 Å². The van der Waals surface area contributed by atoms with Gasteiger partial charge in [0.25, 0.3) is 0 Å². The molecule has 0 aromatic heterocycles. The normalized spacial score (nSPS) is 4.75. The predicted molar refractivity (Wildman–Crippen MR) is 52.8 cm³/mol. The Kier molecular flexibility index (Phi) is 131. The van der Waals surface area contributed by atoms with Crippen molar-refractivity contribution in [2.45, 2.75) is 0 Å². The van der Waals surface area contributed by atoms with Crippen molar-refractivity contribution >= 4 is 32.6 Å². The maximum absolute atomic E-state index is 5.44. The number of nitrogens with zero attached hydrogens (tertiary/aromatic N) is 1. The van der Waals surface area contributed by atoms with E-state index in [0.29, 0.717) is 0 Å². The van der Waals surface area contributed by atoms with Gasteiger partial charge in [0.05, 0.1) is 0 Å². The Balaban J connectivity index is -0.00000000833. The van der Waals surface area contributed by atoms with Gasteiger partial charge in [-0.2, -0.15) is 0 Å². The third-order valence-electron chi connectivity index (χ3n) is 0.390. The number of halogens is 2. The molecule has 10 heteroatoms. The van der Waals surface area contributed by atoms with E-state index in [1.807, 2.05) is 18.0 Å². The summed E-state index contributed by atoms with van der Waals surface area (Å²) in [4.78, 5) is 0. The van der Waals surface area contributed by atoms with Crippen LogP contribution < -0.4 is 0 Å². The Bertz CT molecular complexity index is 44.5. The van der Waals surface area contributed by atoms with Gasteiger partial charge in [0.1, 0.15) is 0 Å². The molecule has 0 bridgehead atoms. The number of hydrogen-bond donors (Lipinski definition) is 0. The van der Waals surface area contributed by atoms with Gasteiger partial charge in [-0.25, -0.2) is 20.1 Å². The van der Waals surface area contributed by atoms with Crippen LogP contribution >= 0.6 is 20.1 Å². The molecule has 84 valence electrons. The second-order valence-corrected chi connectivity index (χ2v) is 5.98. The fraction of sp³-hybridized carbons (Fsp3) is 1.00. The highest BCUT2D eigenvalue weighted by molar-refractivity contribution is 7.32. The van der Waals surface area contributed by atoms with Gasteiger partial charge < -0.3 is 36.7 Å². The quantitative estimate of drug-likeness (QED) is 0.421. The molecule has 0 aliphatic rings. The van der Waals surface area contributed by atoms with Crippen LogP contribution in [0.25, 0.3) is 0 Å². The molecule has 0 amide bonds. The summed E-state index contributed by atoms with van der Waals surface area (Å²) in [6.07, 6.45) is 0. The van der Waals surface area contributed by atoms with Crippen LogP contribution in [0.5, 0.6) is 0 Å². The summed E-state index contributed by atoms with van der Waals surface area (Å²) in [5.74, 6) is 0. The highest BCUT2D eigenvalue weighted by Crippen LogP contribution is 1.95. The SMILES string of the molecule is C[N](C)[Al]([Cl])[Cl].O.O.O.O.O.O. The first-order valence-corrected chi connectivity index (χ1v) is 5.60. The van der Waals surface area contributed by atoms with Gasteiger partial charge in [-0.05, 0) is 14.1 Å². The van der Waals surface area contributed by atoms with E-state index in [2.05, 4.69) is 0 Å². The van der Waals surface area contributed by atoms with Crippen molar-refractivity contribution in [2.24, 2.45) is 0 Å². The van der Waals surface area contributed by atoms with Crippen LogP contribution in [0.4, 0.5) is 0 Å². The monoisotopic (exact) mass is 249 g/mol. The van der Waals surface area contributed by atoms with Crippen molar-refractivity contribution < 1.29 is 32.9 Å². The largest absolute Gasteiger partial charge is 0.631 e. The van der Waals surface area contributed by atoms with Crippen molar-refractivity contribution in [3.8, 4) is 0 Å². The molecule has 12 heavy (non-hydrogen) atoms. The molecule has 0 heterocycles. The average molecular weight is 250 g/mol. The first kappa shape index (κ1) is 52.8. The molecule has 0 atom stereocenters. The molecule has 7 nitrogen and oxygen atoms in total. The van der Waals surface area contributed by atoms with Gasteiger partial charge >= 0.3 is 12.5 Å². The second kappa shape index (κ2) is 29.7. The fourth-order valence-corrected chi connectivity index (χ4v) is 0. The Hall–Kier alpha value is 0.832. The van der Waals surface area contributed by atoms with Crippen LogP contribution in [0, 0.1) is 0 Å². The summed E-state index contributed by atoms with van der Waals surface area (Å²) >= 11 is -1.47. The minimum atomic E-state index is -1.47. The smallest absolute Gasteiger partial charge is 0.412 e. The number of hydrogen-bond acceptors (Lipinski definition) is 1. The lowest BCUT2D eigenvalue weighted by atomic mass is 11.3. The van der Waals surface area contributed by atoms with E-state index < -0.39 is 12.5 Å². The van der Waals surface area contributed by atoms with Crippen molar-refractivity contribution in [3.63, 3.8) is 0 Å². The van der Waals surface area contributed by atoms with E-state index in [9.17, 15) is 0 Å². The maximum Gasteiger partial charge on any atom is 0.631 e. The van der Waals surface area contributed by atoms with Crippen molar-refractivity contribution in [2.75, 3.05) is 14.1 Å². The molecule has 0 saturated heterocycles. The van der Waals surface area contributed by atoms with E-state index in [-0.39, 0.29) is 32.9 Å². The highest BCUT2D eigenvalue weighted by atomic mass is 35.7. The van der Waals surface area contributed by atoms with E-state index in [4.69, 9.17) is 20.1 Å². The molecule has 0 spiro atoms. The van der Waals surface area contributed by atoms with Crippen LogP contribution in [-0.2, 0) is 0 Å². The first-order chi connectivity index (χ1) is 2.64. The minimum absolute atomic E-state index is 0. The summed E-state index contributed by atoms with van der Waals surface area (Å²) in [5, 5.41) is 0. The van der Waals surface area contributed by atoms with Crippen LogP contribution in [0.2, 0.25) is 0 Å². The topological polar surface area (TPSA) is 192 Å². The lowest BCUT2D eigenvalue weighted by molar-refractivity contribution is 0.668. The van der Waals surface area contributed by atoms with Gasteiger partial charge in [-0.1, -0.05) is 0 Å². The standard InChI is InChI=1S/C2H6N.Al.2ClH.6H2O/c1-3-2;;;;;;;;;/h1-2H3;;2*1H;6*1H2/q-1;+3;;;;;;;;/p-2. The second-order valence-electron chi connectivity index (χ2n) is 1.24. The Morgan fingerprint density at radius 3 is 0.833 bits per heavy atom. The molecular formula is C2H18AlCl2NO6. The molecule has 0 aliphatic carbocycles. The minimum Gasteiger partial charge on any atom is -0.412 e. The lowest BCUT2D eigenvalue weighted by Crippen LogP contribution is -2.20. The summed E-state index contributed by atoms with van der Waals surface area (Å²) in [6.45, 7) is 0. The van der Waals surface area contributed by atoms with Gasteiger partial charge in [0, 0.05) is 0 Å². The molecule has 0 radical (unpaired) electrons. The van der Waals surface area contributed by atoms with E-state index >= 15 is 0 Å². The molecule has 0 aromatic rings. The van der Waals surface area contributed by atoms with Crippen molar-refractivity contribution in [1.82, 2.24) is 3.88 Å². The zero-order valence-electron chi connectivity index (χ0n) is 6.78.